The quantitative estimate of drug-likeness (QED) is 0.200. The summed E-state index contributed by atoms with van der Waals surface area (Å²) in [5.41, 5.74) is -1.16. The van der Waals surface area contributed by atoms with E-state index in [2.05, 4.69) is 12.8 Å². The van der Waals surface area contributed by atoms with Gasteiger partial charge in [-0.1, -0.05) is 56.4 Å². The van der Waals surface area contributed by atoms with Crippen LogP contribution in [0.15, 0.2) is 24.3 Å². The van der Waals surface area contributed by atoms with Gasteiger partial charge in [-0.25, -0.2) is 0 Å². The second-order valence-corrected chi connectivity index (χ2v) is 8.22. The second-order valence-electron chi connectivity index (χ2n) is 8.22. The second kappa shape index (κ2) is 13.6. The lowest BCUT2D eigenvalue weighted by molar-refractivity contribution is -0.137. The Morgan fingerprint density at radius 3 is 2.55 bits per heavy atom. The van der Waals surface area contributed by atoms with Crippen LogP contribution in [0.25, 0.3) is 0 Å². The molecule has 0 heterocycles. The fourth-order valence-corrected chi connectivity index (χ4v) is 3.95. The van der Waals surface area contributed by atoms with Crippen LogP contribution in [0, 0.1) is 24.2 Å². The molecule has 0 saturated heterocycles. The third kappa shape index (κ3) is 9.62. The molecule has 0 bridgehead atoms. The van der Waals surface area contributed by atoms with Crippen LogP contribution in [0.2, 0.25) is 0 Å². The first-order valence-corrected chi connectivity index (χ1v) is 10.9. The molecule has 0 aromatic heterocycles. The topological polar surface area (TPSA) is 98.0 Å². The summed E-state index contributed by atoms with van der Waals surface area (Å²) in [6, 6.07) is 0. The van der Waals surface area contributed by atoms with Gasteiger partial charge in [0.15, 0.2) is 0 Å². The van der Waals surface area contributed by atoms with E-state index in [1.54, 1.807) is 0 Å². The highest BCUT2D eigenvalue weighted by molar-refractivity contribution is 5.66. The average molecular weight is 407 g/mol. The molecule has 0 aromatic rings. The Kier molecular flexibility index (Phi) is 11.9. The van der Waals surface area contributed by atoms with Crippen molar-refractivity contribution in [3.63, 3.8) is 0 Å². The number of rotatable bonds is 14. The first-order valence-electron chi connectivity index (χ1n) is 10.9. The Labute approximate surface area is 175 Å². The largest absolute Gasteiger partial charge is 0.481 e. The number of aliphatic hydroxyl groups excluding tert-OH is 2. The van der Waals surface area contributed by atoms with Crippen LogP contribution in [0.4, 0.5) is 0 Å². The molecule has 1 aliphatic rings. The maximum absolute atomic E-state index is 10.6. The van der Waals surface area contributed by atoms with Crippen molar-refractivity contribution in [1.82, 2.24) is 0 Å². The first kappa shape index (κ1) is 25.4. The van der Waals surface area contributed by atoms with Gasteiger partial charge in [-0.3, -0.25) is 4.79 Å². The highest BCUT2D eigenvalue weighted by atomic mass is 16.4. The van der Waals surface area contributed by atoms with Gasteiger partial charge in [0, 0.05) is 25.2 Å². The number of aliphatic carboxylic acids is 1. The maximum atomic E-state index is 10.6. The zero-order valence-electron chi connectivity index (χ0n) is 17.7. The molecule has 1 unspecified atom stereocenters. The van der Waals surface area contributed by atoms with Crippen molar-refractivity contribution in [2.24, 2.45) is 11.8 Å². The zero-order chi connectivity index (χ0) is 21.7. The lowest BCUT2D eigenvalue weighted by Crippen LogP contribution is -2.26. The van der Waals surface area contributed by atoms with Crippen LogP contribution >= 0.6 is 0 Å². The molecule has 1 saturated carbocycles. The summed E-state index contributed by atoms with van der Waals surface area (Å²) in [6.07, 6.45) is 19.5. The molecule has 4 N–H and O–H groups in total. The fraction of sp³-hybridized carbons (Fsp3) is 0.708. The standard InChI is InChI=1S/C24H38O5/c1-3-5-6-11-16-24(29,4-2)17-12-14-20-19(21(25)18-22(20)26)13-9-7-8-10-15-23(27)28/h2,7,9,12,14,19-22,25-26,29H,3,5-6,8,10-11,13,15-18H2,1H3,(H,27,28)/t19-,20-,21-,22-,24?/m1/s1. The van der Waals surface area contributed by atoms with Crippen LogP contribution in [0.1, 0.15) is 77.6 Å². The highest BCUT2D eigenvalue weighted by Crippen LogP contribution is 2.36. The van der Waals surface area contributed by atoms with Crippen molar-refractivity contribution in [3.05, 3.63) is 24.3 Å². The molecular formula is C24H38O5. The van der Waals surface area contributed by atoms with Gasteiger partial charge in [0.05, 0.1) is 12.2 Å². The van der Waals surface area contributed by atoms with E-state index >= 15 is 0 Å². The Morgan fingerprint density at radius 2 is 1.90 bits per heavy atom. The summed E-state index contributed by atoms with van der Waals surface area (Å²) >= 11 is 0. The van der Waals surface area contributed by atoms with Gasteiger partial charge in [0.1, 0.15) is 5.60 Å². The molecule has 5 nitrogen and oxygen atoms in total. The van der Waals surface area contributed by atoms with Gasteiger partial charge in [0.25, 0.3) is 0 Å². The minimum Gasteiger partial charge on any atom is -0.481 e. The van der Waals surface area contributed by atoms with Gasteiger partial charge < -0.3 is 20.4 Å². The molecular weight excluding hydrogens is 368 g/mol. The normalized spacial score (nSPS) is 26.7. The summed E-state index contributed by atoms with van der Waals surface area (Å²) < 4.78 is 0. The Morgan fingerprint density at radius 1 is 1.14 bits per heavy atom. The van der Waals surface area contributed by atoms with E-state index in [4.69, 9.17) is 11.5 Å². The molecule has 0 aliphatic heterocycles. The van der Waals surface area contributed by atoms with Crippen molar-refractivity contribution < 1.29 is 25.2 Å². The van der Waals surface area contributed by atoms with Crippen molar-refractivity contribution in [3.8, 4) is 12.3 Å². The molecule has 0 radical (unpaired) electrons. The summed E-state index contributed by atoms with van der Waals surface area (Å²) in [4.78, 5) is 10.5. The molecule has 0 amide bonds. The summed E-state index contributed by atoms with van der Waals surface area (Å²) in [5, 5.41) is 39.8. The third-order valence-corrected chi connectivity index (χ3v) is 5.78. The number of carboxylic acid groups (broad SMARTS) is 1. The summed E-state index contributed by atoms with van der Waals surface area (Å²) in [5.74, 6) is 1.44. The fourth-order valence-electron chi connectivity index (χ4n) is 3.95. The average Bonchev–Trinajstić information content (AvgIpc) is 2.94. The van der Waals surface area contributed by atoms with E-state index in [1.807, 2.05) is 24.3 Å². The lowest BCUT2D eigenvalue weighted by atomic mass is 9.88. The number of carboxylic acids is 1. The highest BCUT2D eigenvalue weighted by Gasteiger charge is 2.39. The molecule has 1 rings (SSSR count). The van der Waals surface area contributed by atoms with Gasteiger partial charge in [-0.2, -0.15) is 0 Å². The molecule has 1 fully saturated rings. The molecule has 29 heavy (non-hydrogen) atoms. The van der Waals surface area contributed by atoms with E-state index < -0.39 is 23.8 Å². The summed E-state index contributed by atoms with van der Waals surface area (Å²) in [6.45, 7) is 2.14. The van der Waals surface area contributed by atoms with E-state index in [1.165, 1.54) is 0 Å². The molecule has 5 atom stereocenters. The van der Waals surface area contributed by atoms with Crippen LogP contribution in [-0.2, 0) is 4.79 Å². The van der Waals surface area contributed by atoms with Gasteiger partial charge in [-0.05, 0) is 38.0 Å². The van der Waals surface area contributed by atoms with Crippen LogP contribution < -0.4 is 0 Å². The van der Waals surface area contributed by atoms with Crippen molar-refractivity contribution in [2.75, 3.05) is 0 Å². The number of terminal acetylenes is 1. The summed E-state index contributed by atoms with van der Waals surface area (Å²) in [7, 11) is 0. The zero-order valence-corrected chi connectivity index (χ0v) is 17.7. The first-order chi connectivity index (χ1) is 13.8. The van der Waals surface area contributed by atoms with Gasteiger partial charge >= 0.3 is 5.97 Å². The van der Waals surface area contributed by atoms with Crippen molar-refractivity contribution in [1.29, 1.82) is 0 Å². The molecule has 1 aliphatic carbocycles. The number of allylic oxidation sites excluding steroid dienone is 2. The Bertz CT molecular complexity index is 576. The number of carbonyl (C=O) groups is 1. The van der Waals surface area contributed by atoms with Crippen LogP contribution in [0.5, 0.6) is 0 Å². The number of aliphatic hydroxyl groups is 3. The van der Waals surface area contributed by atoms with E-state index in [-0.39, 0.29) is 18.3 Å². The Hall–Kier alpha value is -1.61. The Balaban J connectivity index is 2.56. The van der Waals surface area contributed by atoms with Crippen molar-refractivity contribution in [2.45, 2.75) is 95.4 Å². The van der Waals surface area contributed by atoms with E-state index in [0.717, 1.165) is 25.7 Å². The minimum atomic E-state index is -1.16. The van der Waals surface area contributed by atoms with Gasteiger partial charge in [0.2, 0.25) is 0 Å². The molecule has 0 aromatic carbocycles. The SMILES string of the molecule is C#CC(O)(CC=C[C@@H]1[C@@H](CC=CCCCC(=O)O)[C@H](O)C[C@H]1O)CCCCCC. The number of hydrogen-bond donors (Lipinski definition) is 4. The monoisotopic (exact) mass is 406 g/mol. The van der Waals surface area contributed by atoms with Crippen LogP contribution in [-0.4, -0.2) is 44.2 Å². The van der Waals surface area contributed by atoms with E-state index in [9.17, 15) is 20.1 Å². The van der Waals surface area contributed by atoms with E-state index in [0.29, 0.717) is 38.5 Å². The maximum Gasteiger partial charge on any atom is 0.303 e. The number of hydrogen-bond acceptors (Lipinski definition) is 4. The smallest absolute Gasteiger partial charge is 0.303 e. The van der Waals surface area contributed by atoms with Crippen molar-refractivity contribution >= 4 is 5.97 Å². The molecule has 0 spiro atoms. The predicted molar refractivity (Wildman–Crippen MR) is 115 cm³/mol. The molecule has 5 heteroatoms. The molecule has 164 valence electrons. The lowest BCUT2D eigenvalue weighted by Gasteiger charge is -2.22. The number of unbranched alkanes of at least 4 members (excludes halogenated alkanes) is 4. The van der Waals surface area contributed by atoms with Gasteiger partial charge in [-0.15, -0.1) is 6.42 Å². The predicted octanol–water partition coefficient (Wildman–Crippen LogP) is 3.83. The van der Waals surface area contributed by atoms with Crippen LogP contribution in [0.3, 0.4) is 0 Å². The third-order valence-electron chi connectivity index (χ3n) is 5.78. The minimum absolute atomic E-state index is 0.0968.